The molecule has 2 aliphatic rings. The molecule has 0 saturated carbocycles. The van der Waals surface area contributed by atoms with Crippen LogP contribution in [0.15, 0.2) is 48.5 Å². The second-order valence-corrected chi connectivity index (χ2v) is 8.84. The van der Waals surface area contributed by atoms with Crippen LogP contribution in [0, 0.1) is 5.92 Å². The smallest absolute Gasteiger partial charge is 0.309 e. The molecule has 1 N–H and O–H groups in total. The molecule has 1 saturated heterocycles. The number of likely N-dealkylation sites (tertiary alicyclic amines) is 1. The highest BCUT2D eigenvalue weighted by Crippen LogP contribution is 2.35. The Kier molecular flexibility index (Phi) is 6.67. The summed E-state index contributed by atoms with van der Waals surface area (Å²) in [6.07, 6.45) is 1.01. The zero-order chi connectivity index (χ0) is 23.5. The first-order valence-electron chi connectivity index (χ1n) is 11.6. The summed E-state index contributed by atoms with van der Waals surface area (Å²) in [5.41, 5.74) is 3.13. The number of amides is 2. The second kappa shape index (κ2) is 9.65. The van der Waals surface area contributed by atoms with Crippen molar-refractivity contribution in [3.63, 3.8) is 0 Å². The van der Waals surface area contributed by atoms with E-state index in [1.807, 2.05) is 67.3 Å². The highest BCUT2D eigenvalue weighted by Gasteiger charge is 2.38. The van der Waals surface area contributed by atoms with Crippen molar-refractivity contribution in [3.8, 4) is 0 Å². The molecule has 0 aromatic heterocycles. The molecule has 0 spiro atoms. The number of ether oxygens (including phenoxy) is 1. The average Bonchev–Trinajstić information content (AvgIpc) is 3.11. The van der Waals surface area contributed by atoms with Gasteiger partial charge < -0.3 is 19.9 Å². The Bertz CT molecular complexity index is 1030. The fraction of sp³-hybridized carbons (Fsp3) is 0.423. The molecule has 174 valence electrons. The second-order valence-electron chi connectivity index (χ2n) is 8.84. The number of carbonyl (C=O) groups is 3. The van der Waals surface area contributed by atoms with Crippen molar-refractivity contribution in [3.05, 3.63) is 65.2 Å². The summed E-state index contributed by atoms with van der Waals surface area (Å²) in [7, 11) is 0. The van der Waals surface area contributed by atoms with Crippen molar-refractivity contribution in [1.82, 2.24) is 9.80 Å². The van der Waals surface area contributed by atoms with Crippen LogP contribution in [0.1, 0.15) is 66.1 Å². The molecule has 1 unspecified atom stereocenters. The first-order valence-corrected chi connectivity index (χ1v) is 11.6. The van der Waals surface area contributed by atoms with Gasteiger partial charge in [0.15, 0.2) is 0 Å². The quantitative estimate of drug-likeness (QED) is 0.673. The Morgan fingerprint density at radius 2 is 1.73 bits per heavy atom. The van der Waals surface area contributed by atoms with Crippen molar-refractivity contribution in [2.75, 3.05) is 25.0 Å². The van der Waals surface area contributed by atoms with Crippen molar-refractivity contribution in [2.45, 2.75) is 45.8 Å². The zero-order valence-electron chi connectivity index (χ0n) is 19.4. The fourth-order valence-corrected chi connectivity index (χ4v) is 4.64. The Morgan fingerprint density at radius 3 is 2.36 bits per heavy atom. The number of esters is 1. The Hall–Kier alpha value is -3.35. The minimum atomic E-state index is -0.253. The Balaban J connectivity index is 1.42. The lowest BCUT2D eigenvalue weighted by atomic mass is 9.96. The van der Waals surface area contributed by atoms with Crippen molar-refractivity contribution in [1.29, 1.82) is 0 Å². The van der Waals surface area contributed by atoms with E-state index in [1.54, 1.807) is 11.8 Å². The average molecular weight is 450 g/mol. The maximum atomic E-state index is 12.9. The van der Waals surface area contributed by atoms with E-state index in [2.05, 4.69) is 5.32 Å². The zero-order valence-corrected chi connectivity index (χ0v) is 19.4. The SMILES string of the molecule is CCOC(=O)C1CCN(C(=O)c2ccc(NC3c4ccccc4C(=O)N3C(C)C)cc2)CC1. The Morgan fingerprint density at radius 1 is 1.06 bits per heavy atom. The number of piperidine rings is 1. The topological polar surface area (TPSA) is 79.0 Å². The van der Waals surface area contributed by atoms with Gasteiger partial charge in [-0.15, -0.1) is 0 Å². The minimum absolute atomic E-state index is 0.0242. The molecule has 7 nitrogen and oxygen atoms in total. The predicted octanol–water partition coefficient (Wildman–Crippen LogP) is 4.08. The molecule has 4 rings (SSSR count). The van der Waals surface area contributed by atoms with E-state index >= 15 is 0 Å². The maximum absolute atomic E-state index is 12.9. The monoisotopic (exact) mass is 449 g/mol. The van der Waals surface area contributed by atoms with Crippen LogP contribution in [-0.2, 0) is 9.53 Å². The molecule has 2 amide bonds. The molecule has 2 aliphatic heterocycles. The van der Waals surface area contributed by atoms with Crippen LogP contribution in [0.2, 0.25) is 0 Å². The van der Waals surface area contributed by atoms with Crippen LogP contribution in [0.25, 0.3) is 0 Å². The summed E-state index contributed by atoms with van der Waals surface area (Å²) in [4.78, 5) is 41.4. The van der Waals surface area contributed by atoms with Crippen LogP contribution in [0.5, 0.6) is 0 Å². The van der Waals surface area contributed by atoms with Crippen LogP contribution in [0.4, 0.5) is 5.69 Å². The van der Waals surface area contributed by atoms with Gasteiger partial charge >= 0.3 is 5.97 Å². The third-order valence-corrected chi connectivity index (χ3v) is 6.39. The summed E-state index contributed by atoms with van der Waals surface area (Å²) in [6, 6.07) is 15.1. The van der Waals surface area contributed by atoms with Crippen LogP contribution in [0.3, 0.4) is 0 Å². The van der Waals surface area contributed by atoms with Crippen molar-refractivity contribution in [2.24, 2.45) is 5.92 Å². The number of rotatable bonds is 6. The molecule has 2 heterocycles. The summed E-state index contributed by atoms with van der Waals surface area (Å²) in [5.74, 6) is -0.297. The molecule has 0 radical (unpaired) electrons. The molecule has 33 heavy (non-hydrogen) atoms. The van der Waals surface area contributed by atoms with Gasteiger partial charge in [-0.3, -0.25) is 14.4 Å². The molecule has 2 aromatic carbocycles. The highest BCUT2D eigenvalue weighted by atomic mass is 16.5. The third kappa shape index (κ3) is 4.58. The van der Waals surface area contributed by atoms with E-state index < -0.39 is 0 Å². The molecule has 0 bridgehead atoms. The van der Waals surface area contributed by atoms with Crippen LogP contribution in [-0.4, -0.2) is 53.3 Å². The normalized spacial score (nSPS) is 18.4. The summed E-state index contributed by atoms with van der Waals surface area (Å²) < 4.78 is 5.11. The number of benzene rings is 2. The number of carbonyl (C=O) groups excluding carboxylic acids is 3. The molecule has 2 aromatic rings. The number of nitrogens with zero attached hydrogens (tertiary/aromatic N) is 2. The fourth-order valence-electron chi connectivity index (χ4n) is 4.64. The van der Waals surface area contributed by atoms with Crippen LogP contribution < -0.4 is 5.32 Å². The highest BCUT2D eigenvalue weighted by molar-refractivity contribution is 5.99. The van der Waals surface area contributed by atoms with Crippen molar-refractivity contribution < 1.29 is 19.1 Å². The van der Waals surface area contributed by atoms with Gasteiger partial charge in [-0.2, -0.15) is 0 Å². The standard InChI is InChI=1S/C26H31N3O4/c1-4-33-26(32)19-13-15-28(16-14-19)24(30)18-9-11-20(12-10-18)27-23-21-7-5-6-8-22(21)25(31)29(23)17(2)3/h5-12,17,19,23,27H,4,13-16H2,1-3H3. The van der Waals surface area contributed by atoms with Crippen LogP contribution >= 0.6 is 0 Å². The van der Waals surface area contributed by atoms with E-state index in [-0.39, 0.29) is 35.9 Å². The number of hydrogen-bond acceptors (Lipinski definition) is 5. The molecule has 1 fully saturated rings. The number of anilines is 1. The first kappa shape index (κ1) is 22.8. The molecule has 1 atom stereocenters. The Labute approximate surface area is 194 Å². The van der Waals surface area contributed by atoms with Gasteiger partial charge in [0.05, 0.1) is 12.5 Å². The first-order chi connectivity index (χ1) is 15.9. The third-order valence-electron chi connectivity index (χ3n) is 6.39. The number of nitrogens with one attached hydrogen (secondary N) is 1. The largest absolute Gasteiger partial charge is 0.466 e. The van der Waals surface area contributed by atoms with Gasteiger partial charge in [-0.1, -0.05) is 18.2 Å². The molecular formula is C26H31N3O4. The lowest BCUT2D eigenvalue weighted by Gasteiger charge is -2.31. The van der Waals surface area contributed by atoms with Gasteiger partial charge in [-0.25, -0.2) is 0 Å². The summed E-state index contributed by atoms with van der Waals surface area (Å²) in [5, 5.41) is 3.46. The van der Waals surface area contributed by atoms with Gasteiger partial charge in [0.2, 0.25) is 0 Å². The van der Waals surface area contributed by atoms with Gasteiger partial charge in [0, 0.05) is 41.5 Å². The summed E-state index contributed by atoms with van der Waals surface area (Å²) in [6.45, 7) is 7.29. The number of hydrogen-bond donors (Lipinski definition) is 1. The molecule has 7 heteroatoms. The predicted molar refractivity (Wildman–Crippen MR) is 126 cm³/mol. The lowest BCUT2D eigenvalue weighted by Crippen LogP contribution is -2.40. The van der Waals surface area contributed by atoms with Crippen molar-refractivity contribution >= 4 is 23.5 Å². The summed E-state index contributed by atoms with van der Waals surface area (Å²) >= 11 is 0. The van der Waals surface area contributed by atoms with Gasteiger partial charge in [0.25, 0.3) is 11.8 Å². The number of fused-ring (bicyclic) bond motifs is 1. The minimum Gasteiger partial charge on any atom is -0.466 e. The molecule has 0 aliphatic carbocycles. The molecular weight excluding hydrogens is 418 g/mol. The van der Waals surface area contributed by atoms with Gasteiger partial charge in [0.1, 0.15) is 6.17 Å². The van der Waals surface area contributed by atoms with E-state index in [4.69, 9.17) is 4.74 Å². The van der Waals surface area contributed by atoms with E-state index in [1.165, 1.54) is 0 Å². The van der Waals surface area contributed by atoms with E-state index in [0.717, 1.165) is 16.8 Å². The lowest BCUT2D eigenvalue weighted by molar-refractivity contribution is -0.149. The van der Waals surface area contributed by atoms with E-state index in [9.17, 15) is 14.4 Å². The maximum Gasteiger partial charge on any atom is 0.309 e. The van der Waals surface area contributed by atoms with E-state index in [0.29, 0.717) is 38.1 Å². The van der Waals surface area contributed by atoms with Gasteiger partial charge in [-0.05, 0) is 63.9 Å².